The van der Waals surface area contributed by atoms with E-state index in [4.69, 9.17) is 0 Å². The number of anilines is 6. The molecule has 0 amide bonds. The molecule has 0 unspecified atom stereocenters. The van der Waals surface area contributed by atoms with Crippen molar-refractivity contribution in [3.05, 3.63) is 158 Å². The van der Waals surface area contributed by atoms with Gasteiger partial charge in [-0.25, -0.2) is 0 Å². The second kappa shape index (κ2) is 9.65. The third-order valence-corrected chi connectivity index (χ3v) is 14.8. The van der Waals surface area contributed by atoms with E-state index in [1.807, 2.05) is 0 Å². The van der Waals surface area contributed by atoms with Crippen LogP contribution in [0.4, 0.5) is 34.1 Å². The molecule has 49 heavy (non-hydrogen) atoms. The Balaban J connectivity index is 1.33. The predicted octanol–water partition coefficient (Wildman–Crippen LogP) is 8.82. The number of hydrogen-bond acceptors (Lipinski definition) is 2. The highest BCUT2D eigenvalue weighted by atomic mass is 28.3. The van der Waals surface area contributed by atoms with Crippen molar-refractivity contribution in [1.82, 2.24) is 4.48 Å². The molecule has 1 aromatic heterocycles. The van der Waals surface area contributed by atoms with Gasteiger partial charge in [-0.2, -0.15) is 0 Å². The summed E-state index contributed by atoms with van der Waals surface area (Å²) in [6.07, 6.45) is 0. The first-order chi connectivity index (χ1) is 24.1. The summed E-state index contributed by atoms with van der Waals surface area (Å²) in [7, 11) is -2.02. The minimum Gasteiger partial charge on any atom is -0.375 e. The van der Waals surface area contributed by atoms with E-state index < -0.39 is 8.07 Å². The first-order valence-electron chi connectivity index (χ1n) is 17.2. The summed E-state index contributed by atoms with van der Waals surface area (Å²) in [4.78, 5) is 5.05. The molecule has 3 nitrogen and oxygen atoms in total. The van der Waals surface area contributed by atoms with E-state index in [0.29, 0.717) is 0 Å². The van der Waals surface area contributed by atoms with Gasteiger partial charge in [0.1, 0.15) is 8.07 Å². The molecule has 7 aromatic carbocycles. The lowest BCUT2D eigenvalue weighted by Crippen LogP contribution is -2.65. The number of nitrogens with zero attached hydrogens (tertiary/aromatic N) is 3. The Hall–Kier alpha value is -5.78. The summed E-state index contributed by atoms with van der Waals surface area (Å²) >= 11 is 0. The van der Waals surface area contributed by atoms with Crippen LogP contribution >= 0.6 is 0 Å². The lowest BCUT2D eigenvalue weighted by atomic mass is 9.45. The van der Waals surface area contributed by atoms with E-state index in [1.165, 1.54) is 71.3 Å². The van der Waals surface area contributed by atoms with Crippen LogP contribution < -0.4 is 31.1 Å². The Labute approximate surface area is 287 Å². The van der Waals surface area contributed by atoms with E-state index >= 15 is 0 Å². The molecule has 0 aliphatic carbocycles. The first-order valence-corrected chi connectivity index (χ1v) is 20.2. The summed E-state index contributed by atoms with van der Waals surface area (Å²) < 4.78 is 2.67. The van der Waals surface area contributed by atoms with Gasteiger partial charge in [-0.1, -0.05) is 122 Å². The Kier molecular flexibility index (Phi) is 5.36. The van der Waals surface area contributed by atoms with Crippen molar-refractivity contribution in [1.29, 1.82) is 0 Å². The Bertz CT molecular complexity index is 2620. The largest absolute Gasteiger partial charge is 0.375 e. The molecular formula is C44H32BN3Si. The van der Waals surface area contributed by atoms with Gasteiger partial charge in [-0.05, 0) is 75.4 Å². The molecule has 0 saturated heterocycles. The highest BCUT2D eigenvalue weighted by Crippen LogP contribution is 2.48. The SMILES string of the molecule is C[Si]1(C)c2ccccc2N2c3cc(N(c4ccccc4)c4ccccc4)cc4c3B(c3cccc1c32)n1c2ccccc2c2cccc-4c21. The Morgan fingerprint density at radius 3 is 1.98 bits per heavy atom. The number of hydrogen-bond donors (Lipinski definition) is 0. The molecule has 11 rings (SSSR count). The fraction of sp³-hybridized carbons (Fsp3) is 0.0455. The van der Waals surface area contributed by atoms with Crippen LogP contribution in [-0.4, -0.2) is 19.4 Å². The van der Waals surface area contributed by atoms with Crippen LogP contribution in [0.25, 0.3) is 32.9 Å². The van der Waals surface area contributed by atoms with E-state index in [-0.39, 0.29) is 6.85 Å². The van der Waals surface area contributed by atoms with E-state index in [2.05, 4.69) is 185 Å². The zero-order valence-corrected chi connectivity index (χ0v) is 28.4. The molecule has 0 fully saturated rings. The average Bonchev–Trinajstić information content (AvgIpc) is 3.48. The third-order valence-electron chi connectivity index (χ3n) is 11.3. The summed E-state index contributed by atoms with van der Waals surface area (Å²) in [5, 5.41) is 5.64. The summed E-state index contributed by atoms with van der Waals surface area (Å²) in [5.74, 6) is 0. The van der Waals surface area contributed by atoms with Crippen molar-refractivity contribution < 1.29 is 0 Å². The van der Waals surface area contributed by atoms with Crippen LogP contribution in [0.15, 0.2) is 158 Å². The van der Waals surface area contributed by atoms with Crippen molar-refractivity contribution in [3.8, 4) is 11.1 Å². The second-order valence-electron chi connectivity index (χ2n) is 14.1. The van der Waals surface area contributed by atoms with Crippen LogP contribution in [0.3, 0.4) is 0 Å². The van der Waals surface area contributed by atoms with Crippen molar-refractivity contribution >= 4 is 92.2 Å². The molecule has 0 atom stereocenters. The molecule has 3 aliphatic heterocycles. The number of aromatic nitrogens is 1. The van der Waals surface area contributed by atoms with Gasteiger partial charge < -0.3 is 14.3 Å². The van der Waals surface area contributed by atoms with Crippen LogP contribution in [0.1, 0.15) is 0 Å². The van der Waals surface area contributed by atoms with Crippen LogP contribution in [0, 0.1) is 0 Å². The molecule has 0 N–H and O–H groups in total. The average molecular weight is 642 g/mol. The van der Waals surface area contributed by atoms with Gasteiger partial charge in [0.25, 0.3) is 0 Å². The fourth-order valence-corrected chi connectivity index (χ4v) is 12.3. The number of rotatable bonds is 3. The number of para-hydroxylation sites is 6. The van der Waals surface area contributed by atoms with Crippen LogP contribution in [0.2, 0.25) is 13.1 Å². The van der Waals surface area contributed by atoms with Gasteiger partial charge >= 0.3 is 6.85 Å². The predicted molar refractivity (Wildman–Crippen MR) is 211 cm³/mol. The van der Waals surface area contributed by atoms with Crippen molar-refractivity contribution in [3.63, 3.8) is 0 Å². The maximum atomic E-state index is 2.67. The molecule has 3 aliphatic rings. The Morgan fingerprint density at radius 2 is 1.18 bits per heavy atom. The maximum absolute atomic E-state index is 2.67. The topological polar surface area (TPSA) is 11.4 Å². The standard InChI is InChI=1S/C44H32BN3Si/c1-49(2)40-25-12-11-24-38(40)47-39-28-31(46(29-15-5-3-6-16-29)30-17-7-4-8-18-30)27-35-34-21-13-20-33-32-19-9-10-23-37(32)48(43(33)34)45(42(35)39)36-22-14-26-41(49)44(36)47/h3-28H,1-2H3. The van der Waals surface area contributed by atoms with Gasteiger partial charge in [0.05, 0.1) is 0 Å². The summed E-state index contributed by atoms with van der Waals surface area (Å²) in [6.45, 7) is 5.11. The van der Waals surface area contributed by atoms with Gasteiger partial charge in [0.2, 0.25) is 0 Å². The zero-order valence-electron chi connectivity index (χ0n) is 27.4. The van der Waals surface area contributed by atoms with Gasteiger partial charge in [0, 0.05) is 61.5 Å². The monoisotopic (exact) mass is 641 g/mol. The minimum absolute atomic E-state index is 0.0551. The van der Waals surface area contributed by atoms with E-state index in [1.54, 1.807) is 0 Å². The van der Waals surface area contributed by atoms with Gasteiger partial charge in [0.15, 0.2) is 0 Å². The van der Waals surface area contributed by atoms with Crippen molar-refractivity contribution in [2.45, 2.75) is 13.1 Å². The highest BCUT2D eigenvalue weighted by Gasteiger charge is 2.48. The second-order valence-corrected chi connectivity index (χ2v) is 18.5. The quantitative estimate of drug-likeness (QED) is 0.179. The molecule has 0 radical (unpaired) electrons. The third kappa shape index (κ3) is 3.47. The van der Waals surface area contributed by atoms with E-state index in [9.17, 15) is 0 Å². The maximum Gasteiger partial charge on any atom is 0.333 e. The molecule has 0 bridgehead atoms. The van der Waals surface area contributed by atoms with E-state index in [0.717, 1.165) is 17.1 Å². The zero-order chi connectivity index (χ0) is 32.4. The molecule has 0 saturated carbocycles. The highest BCUT2D eigenvalue weighted by molar-refractivity contribution is 7.04. The van der Waals surface area contributed by atoms with Crippen molar-refractivity contribution in [2.75, 3.05) is 9.80 Å². The lowest BCUT2D eigenvalue weighted by Gasteiger charge is -2.48. The number of benzene rings is 7. The normalized spacial score (nSPS) is 14.4. The van der Waals surface area contributed by atoms with Crippen molar-refractivity contribution in [2.24, 2.45) is 0 Å². The molecule has 0 spiro atoms. The van der Waals surface area contributed by atoms with Crippen LogP contribution in [-0.2, 0) is 0 Å². The summed E-state index contributed by atoms with van der Waals surface area (Å²) in [6, 6.07) is 58.8. The molecule has 4 heterocycles. The lowest BCUT2D eigenvalue weighted by molar-refractivity contribution is 1.23. The van der Waals surface area contributed by atoms with Crippen LogP contribution in [0.5, 0.6) is 0 Å². The van der Waals surface area contributed by atoms with Gasteiger partial charge in [-0.3, -0.25) is 0 Å². The fourth-order valence-electron chi connectivity index (χ4n) is 9.26. The summed E-state index contributed by atoms with van der Waals surface area (Å²) in [5.41, 5.74) is 15.4. The molecule has 5 heteroatoms. The Morgan fingerprint density at radius 1 is 0.531 bits per heavy atom. The molecular weight excluding hydrogens is 609 g/mol. The first kappa shape index (κ1) is 27.2. The number of fused-ring (bicyclic) bond motifs is 9. The van der Waals surface area contributed by atoms with Gasteiger partial charge in [-0.15, -0.1) is 0 Å². The molecule has 8 aromatic rings. The minimum atomic E-state index is -2.02. The molecule has 230 valence electrons. The smallest absolute Gasteiger partial charge is 0.333 e.